The summed E-state index contributed by atoms with van der Waals surface area (Å²) in [6.45, 7) is 0.353. The van der Waals surface area contributed by atoms with Gasteiger partial charge in [-0.3, -0.25) is 0 Å². The normalized spacial score (nSPS) is 9.85. The number of nitrogens with zero attached hydrogens (tertiary/aromatic N) is 1. The van der Waals surface area contributed by atoms with E-state index in [1.807, 2.05) is 0 Å². The van der Waals surface area contributed by atoms with Crippen LogP contribution in [0.25, 0.3) is 0 Å². The third-order valence-electron chi connectivity index (χ3n) is 1.85. The summed E-state index contributed by atoms with van der Waals surface area (Å²) in [6.07, 6.45) is 0. The Morgan fingerprint density at radius 2 is 2.23 bits per heavy atom. The second kappa shape index (κ2) is 4.09. The molecule has 0 aliphatic rings. The zero-order valence-corrected chi connectivity index (χ0v) is 7.75. The number of halogens is 1. The molecule has 0 fully saturated rings. The van der Waals surface area contributed by atoms with Crippen LogP contribution in [0.4, 0.5) is 10.1 Å². The van der Waals surface area contributed by atoms with Gasteiger partial charge in [0, 0.05) is 18.8 Å². The van der Waals surface area contributed by atoms with Crippen LogP contribution in [0.3, 0.4) is 0 Å². The molecule has 1 aromatic carbocycles. The van der Waals surface area contributed by atoms with E-state index in [1.165, 1.54) is 13.2 Å². The lowest BCUT2D eigenvalue weighted by Gasteiger charge is -2.16. The topological polar surface area (TPSA) is 38.5 Å². The fraction of sp³-hybridized carbons (Fsp3) is 0.333. The molecule has 13 heavy (non-hydrogen) atoms. The van der Waals surface area contributed by atoms with Crippen LogP contribution >= 0.6 is 0 Å². The van der Waals surface area contributed by atoms with Crippen LogP contribution in [0, 0.1) is 5.82 Å². The van der Waals surface area contributed by atoms with Crippen LogP contribution in [0.15, 0.2) is 18.2 Å². The van der Waals surface area contributed by atoms with Gasteiger partial charge in [-0.2, -0.15) is 0 Å². The van der Waals surface area contributed by atoms with E-state index in [2.05, 4.69) is 0 Å². The zero-order chi connectivity index (χ0) is 9.84. The van der Waals surface area contributed by atoms with Crippen LogP contribution in [0.5, 0.6) is 5.75 Å². The Balaban J connectivity index is 2.95. The molecule has 4 heteroatoms. The van der Waals surface area contributed by atoms with Crippen molar-refractivity contribution in [2.75, 3.05) is 25.7 Å². The highest BCUT2D eigenvalue weighted by molar-refractivity contribution is 5.48. The number of rotatable bonds is 3. The molecule has 0 aliphatic heterocycles. The maximum atomic E-state index is 13.2. The molecule has 0 amide bonds. The van der Waals surface area contributed by atoms with Gasteiger partial charge in [0.25, 0.3) is 0 Å². The largest absolute Gasteiger partial charge is 0.494 e. The van der Waals surface area contributed by atoms with Crippen molar-refractivity contribution in [3.05, 3.63) is 24.0 Å². The molecular formula is C9H13FN2O. The SMILES string of the molecule is COc1ccc(N(C)CN)cc1F. The lowest BCUT2D eigenvalue weighted by Crippen LogP contribution is -2.24. The second-order valence-electron chi connectivity index (χ2n) is 2.70. The highest BCUT2D eigenvalue weighted by atomic mass is 19.1. The Morgan fingerprint density at radius 3 is 2.69 bits per heavy atom. The molecule has 3 nitrogen and oxygen atoms in total. The molecule has 0 atom stereocenters. The zero-order valence-electron chi connectivity index (χ0n) is 7.75. The van der Waals surface area contributed by atoms with Crippen molar-refractivity contribution in [1.29, 1.82) is 0 Å². The molecule has 0 saturated carbocycles. The number of hydrogen-bond acceptors (Lipinski definition) is 3. The number of hydrogen-bond donors (Lipinski definition) is 1. The Morgan fingerprint density at radius 1 is 1.54 bits per heavy atom. The lowest BCUT2D eigenvalue weighted by atomic mass is 10.3. The quantitative estimate of drug-likeness (QED) is 0.717. The van der Waals surface area contributed by atoms with Crippen molar-refractivity contribution in [1.82, 2.24) is 0 Å². The van der Waals surface area contributed by atoms with Crippen molar-refractivity contribution >= 4 is 5.69 Å². The van der Waals surface area contributed by atoms with E-state index in [0.29, 0.717) is 6.67 Å². The molecule has 0 aromatic heterocycles. The lowest BCUT2D eigenvalue weighted by molar-refractivity contribution is 0.386. The van der Waals surface area contributed by atoms with Gasteiger partial charge in [0.2, 0.25) is 0 Å². The monoisotopic (exact) mass is 184 g/mol. The number of methoxy groups -OCH3 is 1. The molecule has 1 rings (SSSR count). The number of benzene rings is 1. The van der Waals surface area contributed by atoms with E-state index in [0.717, 1.165) is 5.69 Å². The van der Waals surface area contributed by atoms with Crippen LogP contribution in [0.1, 0.15) is 0 Å². The predicted molar refractivity (Wildman–Crippen MR) is 50.4 cm³/mol. The standard InChI is InChI=1S/C9H13FN2O/c1-12(6-11)7-3-4-9(13-2)8(10)5-7/h3-5H,6,11H2,1-2H3. The van der Waals surface area contributed by atoms with Crippen LogP contribution in [0.2, 0.25) is 0 Å². The summed E-state index contributed by atoms with van der Waals surface area (Å²) in [5, 5.41) is 0. The summed E-state index contributed by atoms with van der Waals surface area (Å²) >= 11 is 0. The Labute approximate surface area is 76.9 Å². The fourth-order valence-corrected chi connectivity index (χ4v) is 0.998. The Hall–Kier alpha value is -1.29. The molecule has 0 radical (unpaired) electrons. The molecular weight excluding hydrogens is 171 g/mol. The van der Waals surface area contributed by atoms with Crippen LogP contribution in [-0.2, 0) is 0 Å². The van der Waals surface area contributed by atoms with E-state index >= 15 is 0 Å². The first-order chi connectivity index (χ1) is 6.19. The average Bonchev–Trinajstić information content (AvgIpc) is 2.16. The van der Waals surface area contributed by atoms with Gasteiger partial charge in [-0.25, -0.2) is 4.39 Å². The Bertz CT molecular complexity index is 291. The highest BCUT2D eigenvalue weighted by Gasteiger charge is 2.04. The van der Waals surface area contributed by atoms with Crippen LogP contribution in [-0.4, -0.2) is 20.8 Å². The van der Waals surface area contributed by atoms with Crippen molar-refractivity contribution < 1.29 is 9.13 Å². The molecule has 0 unspecified atom stereocenters. The van der Waals surface area contributed by atoms with Crippen molar-refractivity contribution in [2.45, 2.75) is 0 Å². The third-order valence-corrected chi connectivity index (χ3v) is 1.85. The minimum Gasteiger partial charge on any atom is -0.494 e. The first-order valence-corrected chi connectivity index (χ1v) is 3.93. The molecule has 0 saturated heterocycles. The van der Waals surface area contributed by atoms with Gasteiger partial charge in [-0.05, 0) is 12.1 Å². The van der Waals surface area contributed by atoms with Gasteiger partial charge in [0.1, 0.15) is 0 Å². The minimum atomic E-state index is -0.375. The van der Waals surface area contributed by atoms with E-state index in [1.54, 1.807) is 24.1 Å². The summed E-state index contributed by atoms with van der Waals surface area (Å²) in [6, 6.07) is 4.73. The van der Waals surface area contributed by atoms with Crippen molar-refractivity contribution in [2.24, 2.45) is 5.73 Å². The summed E-state index contributed by atoms with van der Waals surface area (Å²) in [5.74, 6) is -0.130. The number of nitrogens with two attached hydrogens (primary N) is 1. The van der Waals surface area contributed by atoms with Crippen molar-refractivity contribution in [3.8, 4) is 5.75 Å². The maximum Gasteiger partial charge on any atom is 0.167 e. The molecule has 2 N–H and O–H groups in total. The molecule has 0 aliphatic carbocycles. The summed E-state index contributed by atoms with van der Waals surface area (Å²) in [5.41, 5.74) is 6.13. The summed E-state index contributed by atoms with van der Waals surface area (Å²) in [4.78, 5) is 1.74. The summed E-state index contributed by atoms with van der Waals surface area (Å²) < 4.78 is 17.9. The maximum absolute atomic E-state index is 13.2. The first kappa shape index (κ1) is 9.80. The van der Waals surface area contributed by atoms with E-state index in [9.17, 15) is 4.39 Å². The van der Waals surface area contributed by atoms with E-state index in [-0.39, 0.29) is 11.6 Å². The van der Waals surface area contributed by atoms with E-state index < -0.39 is 0 Å². The van der Waals surface area contributed by atoms with E-state index in [4.69, 9.17) is 10.5 Å². The van der Waals surface area contributed by atoms with Gasteiger partial charge >= 0.3 is 0 Å². The van der Waals surface area contributed by atoms with Gasteiger partial charge < -0.3 is 15.4 Å². The van der Waals surface area contributed by atoms with Gasteiger partial charge in [-0.15, -0.1) is 0 Å². The molecule has 0 spiro atoms. The number of ether oxygens (including phenoxy) is 1. The molecule has 0 bridgehead atoms. The first-order valence-electron chi connectivity index (χ1n) is 3.93. The molecule has 0 heterocycles. The van der Waals surface area contributed by atoms with Gasteiger partial charge in [0.15, 0.2) is 11.6 Å². The van der Waals surface area contributed by atoms with Gasteiger partial charge in [-0.1, -0.05) is 0 Å². The highest BCUT2D eigenvalue weighted by Crippen LogP contribution is 2.22. The fourth-order valence-electron chi connectivity index (χ4n) is 0.998. The minimum absolute atomic E-state index is 0.245. The summed E-state index contributed by atoms with van der Waals surface area (Å²) in [7, 11) is 3.23. The molecule has 1 aromatic rings. The van der Waals surface area contributed by atoms with Crippen molar-refractivity contribution in [3.63, 3.8) is 0 Å². The second-order valence-corrected chi connectivity index (χ2v) is 2.70. The Kier molecular flexibility index (Phi) is 3.08. The van der Waals surface area contributed by atoms with Gasteiger partial charge in [0.05, 0.1) is 13.8 Å². The third kappa shape index (κ3) is 2.09. The number of anilines is 1. The predicted octanol–water partition coefficient (Wildman–Crippen LogP) is 1.19. The van der Waals surface area contributed by atoms with Crippen LogP contribution < -0.4 is 15.4 Å². The molecule has 72 valence electrons. The average molecular weight is 184 g/mol. The smallest absolute Gasteiger partial charge is 0.167 e.